The van der Waals surface area contributed by atoms with E-state index in [0.29, 0.717) is 24.5 Å². The van der Waals surface area contributed by atoms with Gasteiger partial charge in [-0.15, -0.1) is 18.3 Å². The molecule has 2 rings (SSSR count). The van der Waals surface area contributed by atoms with Crippen molar-refractivity contribution >= 4 is 29.3 Å². The first-order valence-electron chi connectivity index (χ1n) is 7.67. The fourth-order valence-electron chi connectivity index (χ4n) is 2.09. The van der Waals surface area contributed by atoms with Crippen molar-refractivity contribution in [1.29, 1.82) is 0 Å². The van der Waals surface area contributed by atoms with Crippen LogP contribution in [0.25, 0.3) is 0 Å². The van der Waals surface area contributed by atoms with E-state index in [4.69, 9.17) is 16.3 Å². The van der Waals surface area contributed by atoms with Gasteiger partial charge in [-0.25, -0.2) is 0 Å². The molecule has 0 aromatic heterocycles. The summed E-state index contributed by atoms with van der Waals surface area (Å²) in [6, 6.07) is 13.2. The van der Waals surface area contributed by atoms with E-state index in [1.807, 2.05) is 43.3 Å². The fourth-order valence-corrected chi connectivity index (χ4v) is 3.09. The van der Waals surface area contributed by atoms with Gasteiger partial charge in [-0.2, -0.15) is 0 Å². The maximum absolute atomic E-state index is 12.1. The number of amides is 1. The van der Waals surface area contributed by atoms with Gasteiger partial charge >= 0.3 is 0 Å². The highest BCUT2D eigenvalue weighted by atomic mass is 35.5. The third-order valence-electron chi connectivity index (χ3n) is 3.24. The van der Waals surface area contributed by atoms with Gasteiger partial charge in [0, 0.05) is 33.3 Å². The lowest BCUT2D eigenvalue weighted by atomic mass is 10.1. The highest BCUT2D eigenvalue weighted by Gasteiger charge is 2.10. The van der Waals surface area contributed by atoms with Crippen LogP contribution in [-0.4, -0.2) is 19.1 Å². The van der Waals surface area contributed by atoms with Gasteiger partial charge in [-0.3, -0.25) is 4.79 Å². The predicted octanol–water partition coefficient (Wildman–Crippen LogP) is 4.95. The van der Waals surface area contributed by atoms with E-state index in [9.17, 15) is 4.79 Å². The lowest BCUT2D eigenvalue weighted by Crippen LogP contribution is -2.23. The molecule has 24 heavy (non-hydrogen) atoms. The topological polar surface area (TPSA) is 38.3 Å². The number of hydrogen-bond donors (Lipinski definition) is 1. The Morgan fingerprint density at radius 2 is 2.04 bits per heavy atom. The summed E-state index contributed by atoms with van der Waals surface area (Å²) in [6.45, 7) is 6.58. The average molecular weight is 362 g/mol. The number of ether oxygens (including phenoxy) is 1. The third-order valence-corrected chi connectivity index (χ3v) is 4.55. The number of hydrogen-bond acceptors (Lipinski definition) is 3. The molecule has 2 aromatic carbocycles. The SMILES string of the molecule is C=CCNC(=O)c1ccc(OCC)c(CSc2ccc(Cl)cc2)c1. The summed E-state index contributed by atoms with van der Waals surface area (Å²) in [5.41, 5.74) is 1.61. The normalized spacial score (nSPS) is 10.2. The van der Waals surface area contributed by atoms with Gasteiger partial charge in [0.05, 0.1) is 6.61 Å². The number of carbonyl (C=O) groups excluding carboxylic acids is 1. The molecule has 0 fully saturated rings. The van der Waals surface area contributed by atoms with Crippen LogP contribution in [0.15, 0.2) is 60.0 Å². The zero-order valence-electron chi connectivity index (χ0n) is 13.5. The molecular formula is C19H20ClNO2S. The van der Waals surface area contributed by atoms with E-state index in [0.717, 1.165) is 21.2 Å². The minimum atomic E-state index is -0.115. The van der Waals surface area contributed by atoms with Crippen molar-refractivity contribution in [3.05, 3.63) is 71.3 Å². The second-order valence-electron chi connectivity index (χ2n) is 5.00. The van der Waals surface area contributed by atoms with Crippen molar-refractivity contribution < 1.29 is 9.53 Å². The minimum Gasteiger partial charge on any atom is -0.494 e. The number of thioether (sulfide) groups is 1. The Bertz CT molecular complexity index is 701. The van der Waals surface area contributed by atoms with Crippen molar-refractivity contribution in [1.82, 2.24) is 5.32 Å². The monoisotopic (exact) mass is 361 g/mol. The van der Waals surface area contributed by atoms with Crippen LogP contribution in [0.3, 0.4) is 0 Å². The van der Waals surface area contributed by atoms with Crippen LogP contribution in [0.4, 0.5) is 0 Å². The number of halogens is 1. The van der Waals surface area contributed by atoms with E-state index in [2.05, 4.69) is 11.9 Å². The summed E-state index contributed by atoms with van der Waals surface area (Å²) in [5.74, 6) is 1.40. The average Bonchev–Trinajstić information content (AvgIpc) is 2.60. The van der Waals surface area contributed by atoms with Crippen LogP contribution in [0.5, 0.6) is 5.75 Å². The number of benzene rings is 2. The van der Waals surface area contributed by atoms with Crippen LogP contribution in [0, 0.1) is 0 Å². The van der Waals surface area contributed by atoms with Gasteiger partial charge in [0.25, 0.3) is 5.91 Å². The molecule has 3 nitrogen and oxygen atoms in total. The standard InChI is InChI=1S/C19H20ClNO2S/c1-3-11-21-19(22)14-5-10-18(23-4-2)15(12-14)13-24-17-8-6-16(20)7-9-17/h3,5-10,12H,1,4,11,13H2,2H3,(H,21,22). The summed E-state index contributed by atoms with van der Waals surface area (Å²) >= 11 is 7.59. The van der Waals surface area contributed by atoms with Gasteiger partial charge in [-0.05, 0) is 49.4 Å². The van der Waals surface area contributed by atoms with E-state index >= 15 is 0 Å². The predicted molar refractivity (Wildman–Crippen MR) is 101 cm³/mol. The van der Waals surface area contributed by atoms with E-state index in [1.165, 1.54) is 0 Å². The molecule has 0 unspecified atom stereocenters. The molecule has 0 aliphatic rings. The maximum atomic E-state index is 12.1. The molecule has 0 atom stereocenters. The van der Waals surface area contributed by atoms with Crippen LogP contribution in [0.2, 0.25) is 5.02 Å². The highest BCUT2D eigenvalue weighted by Crippen LogP contribution is 2.29. The molecule has 0 aliphatic heterocycles. The summed E-state index contributed by atoms with van der Waals surface area (Å²) in [7, 11) is 0. The van der Waals surface area contributed by atoms with Crippen LogP contribution in [-0.2, 0) is 5.75 Å². The molecule has 0 saturated heterocycles. The summed E-state index contributed by atoms with van der Waals surface area (Å²) in [5, 5.41) is 3.51. The Kier molecular flexibility index (Phi) is 7.22. The Labute approximate surface area is 152 Å². The number of carbonyl (C=O) groups is 1. The Morgan fingerprint density at radius 1 is 1.29 bits per heavy atom. The summed E-state index contributed by atoms with van der Waals surface area (Å²) < 4.78 is 5.68. The lowest BCUT2D eigenvalue weighted by molar-refractivity contribution is 0.0958. The van der Waals surface area contributed by atoms with Crippen LogP contribution in [0.1, 0.15) is 22.8 Å². The molecule has 0 heterocycles. The second-order valence-corrected chi connectivity index (χ2v) is 6.48. The van der Waals surface area contributed by atoms with Gasteiger partial charge in [0.2, 0.25) is 0 Å². The van der Waals surface area contributed by atoms with Crippen molar-refractivity contribution in [2.24, 2.45) is 0 Å². The quantitative estimate of drug-likeness (QED) is 0.534. The minimum absolute atomic E-state index is 0.115. The van der Waals surface area contributed by atoms with Gasteiger partial charge in [-0.1, -0.05) is 17.7 Å². The summed E-state index contributed by atoms with van der Waals surface area (Å²) in [6.07, 6.45) is 1.66. The molecule has 2 aromatic rings. The first kappa shape index (κ1) is 18.4. The van der Waals surface area contributed by atoms with E-state index in [1.54, 1.807) is 23.9 Å². The van der Waals surface area contributed by atoms with Crippen LogP contribution < -0.4 is 10.1 Å². The summed E-state index contributed by atoms with van der Waals surface area (Å²) in [4.78, 5) is 13.2. The molecule has 0 aliphatic carbocycles. The fraction of sp³-hybridized carbons (Fsp3) is 0.211. The van der Waals surface area contributed by atoms with Gasteiger partial charge in [0.15, 0.2) is 0 Å². The van der Waals surface area contributed by atoms with Crippen LogP contribution >= 0.6 is 23.4 Å². The first-order valence-corrected chi connectivity index (χ1v) is 9.03. The van der Waals surface area contributed by atoms with Crippen molar-refractivity contribution in [2.45, 2.75) is 17.6 Å². The first-order chi connectivity index (χ1) is 11.6. The lowest BCUT2D eigenvalue weighted by Gasteiger charge is -2.12. The molecule has 0 radical (unpaired) electrons. The maximum Gasteiger partial charge on any atom is 0.251 e. The Morgan fingerprint density at radius 3 is 2.71 bits per heavy atom. The number of rotatable bonds is 8. The van der Waals surface area contributed by atoms with Crippen molar-refractivity contribution in [3.63, 3.8) is 0 Å². The van der Waals surface area contributed by atoms with E-state index in [-0.39, 0.29) is 5.91 Å². The Balaban J connectivity index is 2.16. The molecule has 0 bridgehead atoms. The third kappa shape index (κ3) is 5.32. The highest BCUT2D eigenvalue weighted by molar-refractivity contribution is 7.98. The smallest absolute Gasteiger partial charge is 0.251 e. The zero-order valence-corrected chi connectivity index (χ0v) is 15.1. The molecule has 1 N–H and O–H groups in total. The number of nitrogens with one attached hydrogen (secondary N) is 1. The van der Waals surface area contributed by atoms with Gasteiger partial charge < -0.3 is 10.1 Å². The van der Waals surface area contributed by atoms with E-state index < -0.39 is 0 Å². The van der Waals surface area contributed by atoms with Crippen molar-refractivity contribution in [3.8, 4) is 5.75 Å². The van der Waals surface area contributed by atoms with Gasteiger partial charge in [0.1, 0.15) is 5.75 Å². The molecule has 0 spiro atoms. The molecule has 0 saturated carbocycles. The second kappa shape index (κ2) is 9.40. The molecule has 5 heteroatoms. The zero-order chi connectivity index (χ0) is 17.4. The molecular weight excluding hydrogens is 342 g/mol. The van der Waals surface area contributed by atoms with Crippen molar-refractivity contribution in [2.75, 3.05) is 13.2 Å². The largest absolute Gasteiger partial charge is 0.494 e. The Hall–Kier alpha value is -1.91. The molecule has 1 amide bonds. The molecule has 126 valence electrons.